The maximum absolute atomic E-state index is 12.2. The Balaban J connectivity index is 1.86. The standard InChI is InChI=1S/C22H26N2O3/c1-15(25)24-14-18-11-12-19(23-21(26)27-22(2,3)4)13-17(18)10-9-16-7-5-6-8-20(16)24/h5-8,11-13H,9-10,14H2,1-4H3,(H,23,26). The third kappa shape index (κ3) is 4.67. The van der Waals surface area contributed by atoms with Gasteiger partial charge in [0.05, 0.1) is 6.54 Å². The second kappa shape index (κ2) is 7.43. The van der Waals surface area contributed by atoms with Gasteiger partial charge in [0, 0.05) is 18.3 Å². The van der Waals surface area contributed by atoms with E-state index in [1.807, 2.05) is 62.1 Å². The van der Waals surface area contributed by atoms with E-state index < -0.39 is 11.7 Å². The van der Waals surface area contributed by atoms with Crippen LogP contribution in [0.25, 0.3) is 0 Å². The first-order chi connectivity index (χ1) is 12.7. The Labute approximate surface area is 160 Å². The van der Waals surface area contributed by atoms with E-state index in [1.165, 1.54) is 0 Å². The van der Waals surface area contributed by atoms with Gasteiger partial charge in [0.2, 0.25) is 5.91 Å². The molecule has 5 nitrogen and oxygen atoms in total. The molecule has 2 aromatic carbocycles. The van der Waals surface area contributed by atoms with E-state index in [0.717, 1.165) is 35.2 Å². The van der Waals surface area contributed by atoms with Crippen LogP contribution in [0.15, 0.2) is 42.5 Å². The third-order valence-corrected chi connectivity index (χ3v) is 4.51. The molecule has 0 aliphatic carbocycles. The highest BCUT2D eigenvalue weighted by atomic mass is 16.6. The summed E-state index contributed by atoms with van der Waals surface area (Å²) < 4.78 is 5.32. The predicted molar refractivity (Wildman–Crippen MR) is 107 cm³/mol. The van der Waals surface area contributed by atoms with Crippen molar-refractivity contribution < 1.29 is 14.3 Å². The van der Waals surface area contributed by atoms with Gasteiger partial charge in [0.1, 0.15) is 5.60 Å². The van der Waals surface area contributed by atoms with Gasteiger partial charge in [0.15, 0.2) is 0 Å². The molecule has 0 radical (unpaired) electrons. The van der Waals surface area contributed by atoms with Crippen molar-refractivity contribution in [2.45, 2.75) is 52.7 Å². The lowest BCUT2D eigenvalue weighted by Crippen LogP contribution is -2.30. The Kier molecular flexibility index (Phi) is 5.22. The number of amides is 2. The molecule has 1 aliphatic heterocycles. The quantitative estimate of drug-likeness (QED) is 0.797. The van der Waals surface area contributed by atoms with E-state index in [1.54, 1.807) is 6.92 Å². The number of carbonyl (C=O) groups excluding carboxylic acids is 2. The van der Waals surface area contributed by atoms with Crippen LogP contribution in [-0.2, 0) is 28.9 Å². The van der Waals surface area contributed by atoms with Gasteiger partial charge in [-0.1, -0.05) is 24.3 Å². The summed E-state index contributed by atoms with van der Waals surface area (Å²) in [7, 11) is 0. The minimum absolute atomic E-state index is 0.0197. The molecule has 0 atom stereocenters. The minimum Gasteiger partial charge on any atom is -0.444 e. The number of hydrogen-bond donors (Lipinski definition) is 1. The van der Waals surface area contributed by atoms with Crippen molar-refractivity contribution in [2.75, 3.05) is 10.2 Å². The van der Waals surface area contributed by atoms with Crippen LogP contribution in [0.2, 0.25) is 0 Å². The van der Waals surface area contributed by atoms with Crippen molar-refractivity contribution in [1.29, 1.82) is 0 Å². The van der Waals surface area contributed by atoms with Gasteiger partial charge < -0.3 is 9.64 Å². The van der Waals surface area contributed by atoms with Crippen molar-refractivity contribution in [1.82, 2.24) is 0 Å². The second-order valence-electron chi connectivity index (χ2n) is 7.84. The van der Waals surface area contributed by atoms with E-state index in [9.17, 15) is 9.59 Å². The van der Waals surface area contributed by atoms with Crippen LogP contribution in [0.4, 0.5) is 16.2 Å². The highest BCUT2D eigenvalue weighted by Crippen LogP contribution is 2.29. The van der Waals surface area contributed by atoms with E-state index in [4.69, 9.17) is 4.74 Å². The van der Waals surface area contributed by atoms with Gasteiger partial charge in [-0.3, -0.25) is 10.1 Å². The number of hydrogen-bond acceptors (Lipinski definition) is 3. The number of ether oxygens (including phenoxy) is 1. The molecule has 142 valence electrons. The van der Waals surface area contributed by atoms with Crippen LogP contribution >= 0.6 is 0 Å². The molecule has 0 unspecified atom stereocenters. The summed E-state index contributed by atoms with van der Waals surface area (Å²) in [6, 6.07) is 13.8. The van der Waals surface area contributed by atoms with E-state index in [2.05, 4.69) is 11.4 Å². The van der Waals surface area contributed by atoms with Crippen molar-refractivity contribution in [2.24, 2.45) is 0 Å². The highest BCUT2D eigenvalue weighted by Gasteiger charge is 2.21. The van der Waals surface area contributed by atoms with Gasteiger partial charge in [-0.05, 0) is 68.5 Å². The lowest BCUT2D eigenvalue weighted by molar-refractivity contribution is -0.116. The van der Waals surface area contributed by atoms with Gasteiger partial charge in [-0.25, -0.2) is 4.79 Å². The van der Waals surface area contributed by atoms with Crippen LogP contribution in [-0.4, -0.2) is 17.6 Å². The number of para-hydroxylation sites is 1. The predicted octanol–water partition coefficient (Wildman–Crippen LogP) is 4.69. The van der Waals surface area contributed by atoms with Crippen molar-refractivity contribution in [3.05, 3.63) is 59.2 Å². The average Bonchev–Trinajstić information content (AvgIpc) is 2.55. The lowest BCUT2D eigenvalue weighted by atomic mass is 9.95. The van der Waals surface area contributed by atoms with Crippen LogP contribution in [0.5, 0.6) is 0 Å². The van der Waals surface area contributed by atoms with Crippen molar-refractivity contribution >= 4 is 23.4 Å². The number of benzene rings is 2. The largest absolute Gasteiger partial charge is 0.444 e. The fourth-order valence-corrected chi connectivity index (χ4v) is 3.30. The number of anilines is 2. The zero-order valence-corrected chi connectivity index (χ0v) is 16.3. The first-order valence-electron chi connectivity index (χ1n) is 9.21. The molecule has 1 heterocycles. The zero-order chi connectivity index (χ0) is 19.6. The third-order valence-electron chi connectivity index (χ3n) is 4.51. The number of carbonyl (C=O) groups is 2. The van der Waals surface area contributed by atoms with Crippen LogP contribution < -0.4 is 10.2 Å². The minimum atomic E-state index is -0.542. The molecule has 0 bridgehead atoms. The van der Waals surface area contributed by atoms with E-state index in [0.29, 0.717) is 12.2 Å². The zero-order valence-electron chi connectivity index (χ0n) is 16.3. The van der Waals surface area contributed by atoms with Gasteiger partial charge >= 0.3 is 6.09 Å². The number of rotatable bonds is 1. The van der Waals surface area contributed by atoms with E-state index >= 15 is 0 Å². The maximum Gasteiger partial charge on any atom is 0.412 e. The fraction of sp³-hybridized carbons (Fsp3) is 0.364. The molecule has 5 heteroatoms. The summed E-state index contributed by atoms with van der Waals surface area (Å²) >= 11 is 0. The molecule has 0 aromatic heterocycles. The molecule has 0 fully saturated rings. The Bertz CT molecular complexity index is 868. The molecule has 2 aromatic rings. The molecule has 27 heavy (non-hydrogen) atoms. The van der Waals surface area contributed by atoms with Crippen LogP contribution in [0, 0.1) is 0 Å². The van der Waals surface area contributed by atoms with Crippen LogP contribution in [0.3, 0.4) is 0 Å². The number of nitrogens with zero attached hydrogens (tertiary/aromatic N) is 1. The molecule has 2 amide bonds. The molecule has 0 spiro atoms. The molecule has 0 saturated carbocycles. The molecular weight excluding hydrogens is 340 g/mol. The average molecular weight is 366 g/mol. The van der Waals surface area contributed by atoms with Crippen molar-refractivity contribution in [3.8, 4) is 0 Å². The summed E-state index contributed by atoms with van der Waals surface area (Å²) in [4.78, 5) is 26.1. The summed E-state index contributed by atoms with van der Waals surface area (Å²) in [6.45, 7) is 7.62. The highest BCUT2D eigenvalue weighted by molar-refractivity contribution is 5.92. The second-order valence-corrected chi connectivity index (χ2v) is 7.84. The SMILES string of the molecule is CC(=O)N1Cc2ccc(NC(=O)OC(C)(C)C)cc2CCc2ccccc21. The lowest BCUT2D eigenvalue weighted by Gasteiger charge is -2.28. The Hall–Kier alpha value is -2.82. The summed E-state index contributed by atoms with van der Waals surface area (Å²) in [6.07, 6.45) is 1.22. The summed E-state index contributed by atoms with van der Waals surface area (Å²) in [5.41, 5.74) is 4.51. The Morgan fingerprint density at radius 1 is 1.00 bits per heavy atom. The Morgan fingerprint density at radius 2 is 1.70 bits per heavy atom. The number of fused-ring (bicyclic) bond motifs is 2. The first-order valence-corrected chi connectivity index (χ1v) is 9.21. The number of nitrogens with one attached hydrogen (secondary N) is 1. The maximum atomic E-state index is 12.2. The molecule has 0 saturated heterocycles. The van der Waals surface area contributed by atoms with Gasteiger partial charge in [-0.2, -0.15) is 0 Å². The molecule has 1 N–H and O–H groups in total. The topological polar surface area (TPSA) is 58.6 Å². The monoisotopic (exact) mass is 366 g/mol. The van der Waals surface area contributed by atoms with Crippen LogP contribution in [0.1, 0.15) is 44.4 Å². The molecule has 1 aliphatic rings. The fourth-order valence-electron chi connectivity index (χ4n) is 3.30. The molecule has 3 rings (SSSR count). The van der Waals surface area contributed by atoms with E-state index in [-0.39, 0.29) is 5.91 Å². The summed E-state index contributed by atoms with van der Waals surface area (Å²) in [5.74, 6) is 0.0197. The summed E-state index contributed by atoms with van der Waals surface area (Å²) in [5, 5.41) is 2.80. The first kappa shape index (κ1) is 19.0. The smallest absolute Gasteiger partial charge is 0.412 e. The number of aryl methyl sites for hydroxylation is 2. The van der Waals surface area contributed by atoms with Crippen molar-refractivity contribution in [3.63, 3.8) is 0 Å². The molecular formula is C22H26N2O3. The Morgan fingerprint density at radius 3 is 2.41 bits per heavy atom. The normalized spacial score (nSPS) is 13.7. The van der Waals surface area contributed by atoms with Gasteiger partial charge in [0.25, 0.3) is 0 Å². The van der Waals surface area contributed by atoms with Gasteiger partial charge in [-0.15, -0.1) is 0 Å².